The molecule has 1 atom stereocenters. The smallest absolute Gasteiger partial charge is 0.111 e. The van der Waals surface area contributed by atoms with Gasteiger partial charge >= 0.3 is 0 Å². The second-order valence-corrected chi connectivity index (χ2v) is 5.99. The Labute approximate surface area is 122 Å². The van der Waals surface area contributed by atoms with E-state index in [1.807, 2.05) is 24.5 Å². The van der Waals surface area contributed by atoms with Crippen molar-refractivity contribution in [2.45, 2.75) is 26.4 Å². The van der Waals surface area contributed by atoms with Crippen LogP contribution >= 0.6 is 11.3 Å². The molecule has 1 N–H and O–H groups in total. The average Bonchev–Trinajstić information content (AvgIpc) is 2.90. The highest BCUT2D eigenvalue weighted by atomic mass is 32.1. The summed E-state index contributed by atoms with van der Waals surface area (Å²) in [5.41, 5.74) is 3.59. The number of benzene rings is 1. The number of hydrogen-bond acceptors (Lipinski definition) is 4. The lowest BCUT2D eigenvalue weighted by Crippen LogP contribution is -2.18. The normalized spacial score (nSPS) is 12.7. The predicted molar refractivity (Wildman–Crippen MR) is 83.8 cm³/mol. The number of aromatic nitrogens is 2. The molecular weight excluding hydrogens is 266 g/mol. The molecule has 1 unspecified atom stereocenters. The number of thiazole rings is 1. The largest absolute Gasteiger partial charge is 0.304 e. The maximum absolute atomic E-state index is 4.69. The molecule has 0 aliphatic rings. The van der Waals surface area contributed by atoms with Crippen molar-refractivity contribution in [1.29, 1.82) is 0 Å². The minimum absolute atomic E-state index is 0.243. The summed E-state index contributed by atoms with van der Waals surface area (Å²) in [4.78, 5) is 8.87. The maximum atomic E-state index is 4.69. The summed E-state index contributed by atoms with van der Waals surface area (Å²) < 4.78 is 1.24. The zero-order valence-corrected chi connectivity index (χ0v) is 12.4. The van der Waals surface area contributed by atoms with E-state index < -0.39 is 0 Å². The van der Waals surface area contributed by atoms with E-state index in [2.05, 4.69) is 47.3 Å². The van der Waals surface area contributed by atoms with Crippen LogP contribution in [0.4, 0.5) is 0 Å². The average molecular weight is 283 g/mol. The van der Waals surface area contributed by atoms with Gasteiger partial charge in [-0.2, -0.15) is 0 Å². The molecule has 0 radical (unpaired) electrons. The Morgan fingerprint density at radius 2 is 2.10 bits per heavy atom. The van der Waals surface area contributed by atoms with Gasteiger partial charge in [-0.25, -0.2) is 4.98 Å². The number of para-hydroxylation sites is 1. The number of aryl methyl sites for hydroxylation is 1. The number of pyridine rings is 1. The van der Waals surface area contributed by atoms with Crippen LogP contribution in [0, 0.1) is 6.92 Å². The van der Waals surface area contributed by atoms with Gasteiger partial charge in [0.15, 0.2) is 0 Å². The van der Waals surface area contributed by atoms with Gasteiger partial charge in [-0.1, -0.05) is 12.1 Å². The summed E-state index contributed by atoms with van der Waals surface area (Å²) in [6, 6.07) is 10.6. The fourth-order valence-electron chi connectivity index (χ4n) is 2.11. The molecule has 0 fully saturated rings. The van der Waals surface area contributed by atoms with Crippen molar-refractivity contribution in [3.8, 4) is 0 Å². The SMILES string of the molecule is Cc1ccncc1CNC(C)c1nc2ccccc2s1. The van der Waals surface area contributed by atoms with E-state index in [1.54, 1.807) is 11.3 Å². The summed E-state index contributed by atoms with van der Waals surface area (Å²) in [6.45, 7) is 5.08. The molecule has 0 bridgehead atoms. The second kappa shape index (κ2) is 5.69. The molecule has 2 heterocycles. The number of nitrogens with one attached hydrogen (secondary N) is 1. The van der Waals surface area contributed by atoms with Crippen LogP contribution in [0.15, 0.2) is 42.7 Å². The highest BCUT2D eigenvalue weighted by Gasteiger charge is 2.11. The van der Waals surface area contributed by atoms with Crippen molar-refractivity contribution in [3.63, 3.8) is 0 Å². The molecule has 3 nitrogen and oxygen atoms in total. The fraction of sp³-hybridized carbons (Fsp3) is 0.250. The fourth-order valence-corrected chi connectivity index (χ4v) is 3.10. The zero-order chi connectivity index (χ0) is 13.9. The molecular formula is C16H17N3S. The van der Waals surface area contributed by atoms with Gasteiger partial charge in [-0.05, 0) is 43.2 Å². The van der Waals surface area contributed by atoms with Crippen molar-refractivity contribution in [1.82, 2.24) is 15.3 Å². The molecule has 0 aliphatic heterocycles. The summed E-state index contributed by atoms with van der Waals surface area (Å²) >= 11 is 1.76. The van der Waals surface area contributed by atoms with Gasteiger partial charge in [-0.3, -0.25) is 4.98 Å². The van der Waals surface area contributed by atoms with E-state index in [0.717, 1.165) is 17.1 Å². The monoisotopic (exact) mass is 283 g/mol. The van der Waals surface area contributed by atoms with Crippen LogP contribution in [0.1, 0.15) is 29.1 Å². The molecule has 3 rings (SSSR count). The standard InChI is InChI=1S/C16H17N3S/c1-11-7-8-17-9-13(11)10-18-12(2)16-19-14-5-3-4-6-15(14)20-16/h3-9,12,18H,10H2,1-2H3. The minimum atomic E-state index is 0.243. The molecule has 0 amide bonds. The molecule has 1 aromatic carbocycles. The van der Waals surface area contributed by atoms with Crippen molar-refractivity contribution >= 4 is 21.6 Å². The predicted octanol–water partition coefficient (Wildman–Crippen LogP) is 3.85. The number of nitrogens with zero attached hydrogens (tertiary/aromatic N) is 2. The van der Waals surface area contributed by atoms with Gasteiger partial charge < -0.3 is 5.32 Å². The van der Waals surface area contributed by atoms with Gasteiger partial charge in [0.1, 0.15) is 5.01 Å². The molecule has 0 saturated heterocycles. The summed E-state index contributed by atoms with van der Waals surface area (Å²) in [5, 5.41) is 4.66. The van der Waals surface area contributed by atoms with Crippen LogP contribution in [0.3, 0.4) is 0 Å². The first-order valence-corrected chi connectivity index (χ1v) is 7.54. The Morgan fingerprint density at radius 3 is 2.90 bits per heavy atom. The lowest BCUT2D eigenvalue weighted by Gasteiger charge is -2.12. The highest BCUT2D eigenvalue weighted by molar-refractivity contribution is 7.18. The van der Waals surface area contributed by atoms with E-state index in [0.29, 0.717) is 0 Å². The molecule has 20 heavy (non-hydrogen) atoms. The van der Waals surface area contributed by atoms with Crippen molar-refractivity contribution in [3.05, 3.63) is 58.9 Å². The second-order valence-electron chi connectivity index (χ2n) is 4.92. The summed E-state index contributed by atoms with van der Waals surface area (Å²) in [7, 11) is 0. The van der Waals surface area contributed by atoms with Crippen molar-refractivity contribution in [2.75, 3.05) is 0 Å². The number of hydrogen-bond donors (Lipinski definition) is 1. The van der Waals surface area contributed by atoms with E-state index in [1.165, 1.54) is 15.8 Å². The first-order chi connectivity index (χ1) is 9.74. The van der Waals surface area contributed by atoms with Crippen LogP contribution in [0.25, 0.3) is 10.2 Å². The first-order valence-electron chi connectivity index (χ1n) is 6.72. The summed E-state index contributed by atoms with van der Waals surface area (Å²) in [6.07, 6.45) is 3.75. The zero-order valence-electron chi connectivity index (χ0n) is 11.6. The van der Waals surface area contributed by atoms with Crippen molar-refractivity contribution < 1.29 is 0 Å². The molecule has 3 aromatic rings. The minimum Gasteiger partial charge on any atom is -0.304 e. The number of rotatable bonds is 4. The quantitative estimate of drug-likeness (QED) is 0.790. The molecule has 102 valence electrons. The van der Waals surface area contributed by atoms with Crippen LogP contribution < -0.4 is 5.32 Å². The third kappa shape index (κ3) is 2.71. The van der Waals surface area contributed by atoms with Gasteiger partial charge in [-0.15, -0.1) is 11.3 Å². The molecule has 0 saturated carbocycles. The Hall–Kier alpha value is -1.78. The van der Waals surface area contributed by atoms with E-state index >= 15 is 0 Å². The van der Waals surface area contributed by atoms with Gasteiger partial charge in [0.05, 0.1) is 16.3 Å². The Morgan fingerprint density at radius 1 is 1.25 bits per heavy atom. The Balaban J connectivity index is 1.73. The van der Waals surface area contributed by atoms with E-state index in [-0.39, 0.29) is 6.04 Å². The summed E-state index contributed by atoms with van der Waals surface area (Å²) in [5.74, 6) is 0. The molecule has 4 heteroatoms. The topological polar surface area (TPSA) is 37.8 Å². The highest BCUT2D eigenvalue weighted by Crippen LogP contribution is 2.26. The van der Waals surface area contributed by atoms with Crippen LogP contribution in [-0.2, 0) is 6.54 Å². The lowest BCUT2D eigenvalue weighted by atomic mass is 10.1. The molecule has 2 aromatic heterocycles. The Kier molecular flexibility index (Phi) is 3.76. The van der Waals surface area contributed by atoms with E-state index in [9.17, 15) is 0 Å². The van der Waals surface area contributed by atoms with Crippen LogP contribution in [0.2, 0.25) is 0 Å². The van der Waals surface area contributed by atoms with Crippen molar-refractivity contribution in [2.24, 2.45) is 0 Å². The molecule has 0 spiro atoms. The Bertz CT molecular complexity index is 687. The van der Waals surface area contributed by atoms with Gasteiger partial charge in [0.2, 0.25) is 0 Å². The maximum Gasteiger partial charge on any atom is 0.111 e. The lowest BCUT2D eigenvalue weighted by molar-refractivity contribution is 0.570. The van der Waals surface area contributed by atoms with Gasteiger partial charge in [0, 0.05) is 18.9 Å². The van der Waals surface area contributed by atoms with E-state index in [4.69, 9.17) is 0 Å². The van der Waals surface area contributed by atoms with Gasteiger partial charge in [0.25, 0.3) is 0 Å². The van der Waals surface area contributed by atoms with Crippen LogP contribution in [0.5, 0.6) is 0 Å². The first kappa shape index (κ1) is 13.2. The van der Waals surface area contributed by atoms with Crippen LogP contribution in [-0.4, -0.2) is 9.97 Å². The third-order valence-corrected chi connectivity index (χ3v) is 4.65. The molecule has 0 aliphatic carbocycles. The number of fused-ring (bicyclic) bond motifs is 1. The third-order valence-electron chi connectivity index (χ3n) is 3.43.